The number of amides is 1. The molecule has 74 valence electrons. The summed E-state index contributed by atoms with van der Waals surface area (Å²) in [5.74, 6) is 0.636. The van der Waals surface area contributed by atoms with E-state index in [-0.39, 0.29) is 12.0 Å². The van der Waals surface area contributed by atoms with E-state index in [4.69, 9.17) is 16.3 Å². The second-order valence-electron chi connectivity index (χ2n) is 3.14. The van der Waals surface area contributed by atoms with Crippen LogP contribution in [-0.4, -0.2) is 18.6 Å². The number of halogens is 1. The van der Waals surface area contributed by atoms with Crippen molar-refractivity contribution in [1.29, 1.82) is 0 Å². The van der Waals surface area contributed by atoms with Crippen molar-refractivity contribution in [3.63, 3.8) is 0 Å². The first-order valence-corrected chi connectivity index (χ1v) is 4.83. The van der Waals surface area contributed by atoms with Gasteiger partial charge in [0.1, 0.15) is 5.75 Å². The number of nitrogens with one attached hydrogen (secondary N) is 1. The molecule has 0 bridgehead atoms. The monoisotopic (exact) mass is 211 g/mol. The minimum absolute atomic E-state index is 0.0417. The average molecular weight is 212 g/mol. The Morgan fingerprint density at radius 2 is 2.07 bits per heavy atom. The van der Waals surface area contributed by atoms with Crippen LogP contribution in [0.4, 0.5) is 0 Å². The zero-order chi connectivity index (χ0) is 9.97. The smallest absolute Gasteiger partial charge is 0.261 e. The molecule has 1 heterocycles. The van der Waals surface area contributed by atoms with Gasteiger partial charge in [-0.3, -0.25) is 4.79 Å². The SMILES string of the molecule is O=C1NCCC1Oc1ccc(Cl)cc1. The first-order chi connectivity index (χ1) is 6.75. The second-order valence-corrected chi connectivity index (χ2v) is 3.58. The Balaban J connectivity index is 2.03. The summed E-state index contributed by atoms with van der Waals surface area (Å²) in [6, 6.07) is 7.00. The summed E-state index contributed by atoms with van der Waals surface area (Å²) in [7, 11) is 0. The van der Waals surface area contributed by atoms with Gasteiger partial charge in [-0.2, -0.15) is 0 Å². The largest absolute Gasteiger partial charge is 0.481 e. The molecule has 1 fully saturated rings. The van der Waals surface area contributed by atoms with E-state index >= 15 is 0 Å². The van der Waals surface area contributed by atoms with Crippen LogP contribution in [-0.2, 0) is 4.79 Å². The molecule has 14 heavy (non-hydrogen) atoms. The lowest BCUT2D eigenvalue weighted by molar-refractivity contribution is -0.124. The summed E-state index contributed by atoms with van der Waals surface area (Å²) >= 11 is 5.72. The molecule has 2 rings (SSSR count). The normalized spacial score (nSPS) is 20.6. The molecule has 1 aliphatic heterocycles. The van der Waals surface area contributed by atoms with Crippen molar-refractivity contribution in [2.75, 3.05) is 6.54 Å². The fourth-order valence-corrected chi connectivity index (χ4v) is 1.49. The Hall–Kier alpha value is -1.22. The van der Waals surface area contributed by atoms with Gasteiger partial charge in [-0.05, 0) is 24.3 Å². The first-order valence-electron chi connectivity index (χ1n) is 4.45. The Bertz CT molecular complexity index is 336. The lowest BCUT2D eigenvalue weighted by Gasteiger charge is -2.10. The number of carbonyl (C=O) groups excluding carboxylic acids is 1. The van der Waals surface area contributed by atoms with Crippen molar-refractivity contribution in [1.82, 2.24) is 5.32 Å². The summed E-state index contributed by atoms with van der Waals surface area (Å²) < 4.78 is 5.47. The van der Waals surface area contributed by atoms with Crippen LogP contribution in [0.1, 0.15) is 6.42 Å². The van der Waals surface area contributed by atoms with Gasteiger partial charge in [0.05, 0.1) is 0 Å². The third-order valence-electron chi connectivity index (χ3n) is 2.09. The highest BCUT2D eigenvalue weighted by Gasteiger charge is 2.25. The summed E-state index contributed by atoms with van der Waals surface area (Å²) in [5, 5.41) is 3.37. The van der Waals surface area contributed by atoms with Gasteiger partial charge in [0, 0.05) is 18.0 Å². The molecule has 4 heteroatoms. The molecule has 3 nitrogen and oxygen atoms in total. The van der Waals surface area contributed by atoms with Gasteiger partial charge in [0.2, 0.25) is 0 Å². The highest BCUT2D eigenvalue weighted by Crippen LogP contribution is 2.18. The van der Waals surface area contributed by atoms with Crippen molar-refractivity contribution in [3.05, 3.63) is 29.3 Å². The van der Waals surface area contributed by atoms with Gasteiger partial charge in [0.25, 0.3) is 5.91 Å². The number of hydrogen-bond acceptors (Lipinski definition) is 2. The van der Waals surface area contributed by atoms with Gasteiger partial charge >= 0.3 is 0 Å². The molecule has 0 radical (unpaired) electrons. The topological polar surface area (TPSA) is 38.3 Å². The summed E-state index contributed by atoms with van der Waals surface area (Å²) in [4.78, 5) is 11.2. The third kappa shape index (κ3) is 1.99. The van der Waals surface area contributed by atoms with Crippen molar-refractivity contribution in [2.45, 2.75) is 12.5 Å². The van der Waals surface area contributed by atoms with E-state index in [0.29, 0.717) is 17.3 Å². The molecule has 1 amide bonds. The quantitative estimate of drug-likeness (QED) is 0.807. The van der Waals surface area contributed by atoms with Gasteiger partial charge in [-0.15, -0.1) is 0 Å². The van der Waals surface area contributed by atoms with Crippen LogP contribution >= 0.6 is 11.6 Å². The Morgan fingerprint density at radius 1 is 1.36 bits per heavy atom. The molecule has 1 saturated heterocycles. The van der Waals surface area contributed by atoms with E-state index in [0.717, 1.165) is 6.42 Å². The van der Waals surface area contributed by atoms with Gasteiger partial charge in [0.15, 0.2) is 6.10 Å². The van der Waals surface area contributed by atoms with Crippen LogP contribution in [0.2, 0.25) is 5.02 Å². The molecule has 1 N–H and O–H groups in total. The van der Waals surface area contributed by atoms with Gasteiger partial charge in [-0.25, -0.2) is 0 Å². The number of rotatable bonds is 2. The van der Waals surface area contributed by atoms with Gasteiger partial charge < -0.3 is 10.1 Å². The molecular formula is C10H10ClNO2. The molecule has 0 saturated carbocycles. The van der Waals surface area contributed by atoms with E-state index < -0.39 is 0 Å². The first kappa shape index (κ1) is 9.34. The maximum absolute atomic E-state index is 11.2. The molecular weight excluding hydrogens is 202 g/mol. The van der Waals surface area contributed by atoms with Crippen LogP contribution in [0.5, 0.6) is 5.75 Å². The Labute approximate surface area is 87.0 Å². The Morgan fingerprint density at radius 3 is 2.64 bits per heavy atom. The number of benzene rings is 1. The van der Waals surface area contributed by atoms with E-state index in [9.17, 15) is 4.79 Å². The minimum Gasteiger partial charge on any atom is -0.481 e. The fourth-order valence-electron chi connectivity index (χ4n) is 1.36. The minimum atomic E-state index is -0.351. The number of ether oxygens (including phenoxy) is 1. The standard InChI is InChI=1S/C10H10ClNO2/c11-7-1-3-8(4-2-7)14-9-5-6-12-10(9)13/h1-4,9H,5-6H2,(H,12,13). The van der Waals surface area contributed by atoms with Crippen LogP contribution in [0.3, 0.4) is 0 Å². The van der Waals surface area contributed by atoms with Crippen LogP contribution < -0.4 is 10.1 Å². The maximum atomic E-state index is 11.2. The average Bonchev–Trinajstić information content (AvgIpc) is 2.56. The molecule has 1 aromatic rings. The van der Waals surface area contributed by atoms with Crippen molar-refractivity contribution >= 4 is 17.5 Å². The maximum Gasteiger partial charge on any atom is 0.261 e. The molecule has 1 aromatic carbocycles. The van der Waals surface area contributed by atoms with Gasteiger partial charge in [-0.1, -0.05) is 11.6 Å². The van der Waals surface area contributed by atoms with E-state index in [1.165, 1.54) is 0 Å². The summed E-state index contributed by atoms with van der Waals surface area (Å²) in [5.41, 5.74) is 0. The van der Waals surface area contributed by atoms with Crippen LogP contribution in [0.15, 0.2) is 24.3 Å². The predicted molar refractivity (Wildman–Crippen MR) is 53.5 cm³/mol. The molecule has 1 atom stereocenters. The van der Waals surface area contributed by atoms with Crippen LogP contribution in [0.25, 0.3) is 0 Å². The molecule has 0 spiro atoms. The van der Waals surface area contributed by atoms with Crippen molar-refractivity contribution < 1.29 is 9.53 Å². The summed E-state index contributed by atoms with van der Waals surface area (Å²) in [6.45, 7) is 0.692. The molecule has 1 aliphatic rings. The van der Waals surface area contributed by atoms with Crippen molar-refractivity contribution in [3.8, 4) is 5.75 Å². The fraction of sp³-hybridized carbons (Fsp3) is 0.300. The molecule has 0 aliphatic carbocycles. The van der Waals surface area contributed by atoms with Crippen LogP contribution in [0, 0.1) is 0 Å². The number of hydrogen-bond donors (Lipinski definition) is 1. The highest BCUT2D eigenvalue weighted by molar-refractivity contribution is 6.30. The summed E-state index contributed by atoms with van der Waals surface area (Å²) in [6.07, 6.45) is 0.373. The zero-order valence-electron chi connectivity index (χ0n) is 7.50. The van der Waals surface area contributed by atoms with Crippen molar-refractivity contribution in [2.24, 2.45) is 0 Å². The molecule has 0 aromatic heterocycles. The lowest BCUT2D eigenvalue weighted by atomic mass is 10.3. The van der Waals surface area contributed by atoms with E-state index in [1.54, 1.807) is 24.3 Å². The lowest BCUT2D eigenvalue weighted by Crippen LogP contribution is -2.27. The van der Waals surface area contributed by atoms with E-state index in [2.05, 4.69) is 5.32 Å². The predicted octanol–water partition coefficient (Wildman–Crippen LogP) is 1.61. The number of carbonyl (C=O) groups is 1. The highest BCUT2D eigenvalue weighted by atomic mass is 35.5. The Kier molecular flexibility index (Phi) is 2.59. The zero-order valence-corrected chi connectivity index (χ0v) is 8.25. The van der Waals surface area contributed by atoms with E-state index in [1.807, 2.05) is 0 Å². The molecule has 1 unspecified atom stereocenters. The second kappa shape index (κ2) is 3.88. The third-order valence-corrected chi connectivity index (χ3v) is 2.34.